The average Bonchev–Trinajstić information content (AvgIpc) is 2.88. The molecule has 19 heavy (non-hydrogen) atoms. The van der Waals surface area contributed by atoms with Gasteiger partial charge in [-0.15, -0.1) is 0 Å². The molecule has 0 saturated heterocycles. The lowest BCUT2D eigenvalue weighted by Gasteiger charge is -2.07. The van der Waals surface area contributed by atoms with Gasteiger partial charge in [-0.1, -0.05) is 42.1 Å². The minimum absolute atomic E-state index is 0.900. The fourth-order valence-electron chi connectivity index (χ4n) is 2.03. The molecule has 96 valence electrons. The zero-order chi connectivity index (χ0) is 13.1. The highest BCUT2D eigenvalue weighted by atomic mass is 32.2. The van der Waals surface area contributed by atoms with E-state index in [9.17, 15) is 0 Å². The third kappa shape index (κ3) is 2.58. The number of imidazole rings is 1. The van der Waals surface area contributed by atoms with Crippen LogP contribution < -0.4 is 5.32 Å². The summed E-state index contributed by atoms with van der Waals surface area (Å²) in [6.45, 7) is 0. The van der Waals surface area contributed by atoms with Crippen molar-refractivity contribution in [1.82, 2.24) is 9.97 Å². The van der Waals surface area contributed by atoms with Gasteiger partial charge < -0.3 is 10.3 Å². The van der Waals surface area contributed by atoms with Gasteiger partial charge in [0.05, 0.1) is 11.0 Å². The Hall–Kier alpha value is -1.94. The Bertz CT molecular complexity index is 657. The van der Waals surface area contributed by atoms with Crippen LogP contribution in [0.4, 0.5) is 5.69 Å². The molecule has 0 aliphatic rings. The van der Waals surface area contributed by atoms with Crippen LogP contribution in [0.15, 0.2) is 53.7 Å². The van der Waals surface area contributed by atoms with Crippen molar-refractivity contribution in [3.05, 3.63) is 54.1 Å². The summed E-state index contributed by atoms with van der Waals surface area (Å²) < 4.78 is 0. The number of anilines is 1. The van der Waals surface area contributed by atoms with Gasteiger partial charge in [0.1, 0.15) is 0 Å². The van der Waals surface area contributed by atoms with Crippen molar-refractivity contribution in [2.75, 3.05) is 12.4 Å². The van der Waals surface area contributed by atoms with E-state index < -0.39 is 0 Å². The van der Waals surface area contributed by atoms with Gasteiger partial charge in [-0.05, 0) is 23.8 Å². The molecule has 3 rings (SSSR count). The van der Waals surface area contributed by atoms with E-state index >= 15 is 0 Å². The van der Waals surface area contributed by atoms with Crippen molar-refractivity contribution in [3.63, 3.8) is 0 Å². The number of hydrogen-bond acceptors (Lipinski definition) is 3. The van der Waals surface area contributed by atoms with E-state index in [-0.39, 0.29) is 0 Å². The van der Waals surface area contributed by atoms with Crippen LogP contribution in [0, 0.1) is 0 Å². The van der Waals surface area contributed by atoms with Crippen molar-refractivity contribution in [2.45, 2.75) is 10.9 Å². The Balaban J connectivity index is 1.78. The Morgan fingerprint density at radius 1 is 1.11 bits per heavy atom. The summed E-state index contributed by atoms with van der Waals surface area (Å²) in [5.74, 6) is 0.900. The molecule has 3 aromatic rings. The van der Waals surface area contributed by atoms with E-state index in [4.69, 9.17) is 0 Å². The first kappa shape index (κ1) is 12.1. The van der Waals surface area contributed by atoms with E-state index in [2.05, 4.69) is 33.5 Å². The van der Waals surface area contributed by atoms with Crippen LogP contribution in [0.2, 0.25) is 0 Å². The molecule has 0 unspecified atom stereocenters. The number of nitrogens with one attached hydrogen (secondary N) is 2. The summed E-state index contributed by atoms with van der Waals surface area (Å²) in [7, 11) is 1.95. The predicted octanol–water partition coefficient (Wildman–Crippen LogP) is 3.90. The van der Waals surface area contributed by atoms with Crippen LogP contribution in [0.25, 0.3) is 11.0 Å². The number of rotatable bonds is 4. The monoisotopic (exact) mass is 269 g/mol. The molecule has 4 heteroatoms. The highest BCUT2D eigenvalue weighted by Crippen LogP contribution is 2.26. The number of aromatic nitrogens is 2. The Morgan fingerprint density at radius 3 is 2.74 bits per heavy atom. The lowest BCUT2D eigenvalue weighted by Crippen LogP contribution is -1.93. The normalized spacial score (nSPS) is 10.8. The van der Waals surface area contributed by atoms with Gasteiger partial charge in [-0.2, -0.15) is 0 Å². The second-order valence-corrected chi connectivity index (χ2v) is 5.22. The lowest BCUT2D eigenvalue weighted by molar-refractivity contribution is 1.08. The molecule has 0 atom stereocenters. The number of fused-ring (bicyclic) bond motifs is 1. The smallest absolute Gasteiger partial charge is 0.166 e. The number of para-hydroxylation sites is 3. The molecule has 3 nitrogen and oxygen atoms in total. The highest BCUT2D eigenvalue weighted by Gasteiger charge is 2.05. The molecule has 0 saturated carbocycles. The average molecular weight is 269 g/mol. The molecule has 0 radical (unpaired) electrons. The summed E-state index contributed by atoms with van der Waals surface area (Å²) >= 11 is 1.72. The fourth-order valence-corrected chi connectivity index (χ4v) is 2.92. The highest BCUT2D eigenvalue weighted by molar-refractivity contribution is 7.98. The number of aromatic amines is 1. The standard InChI is InChI=1S/C15H15N3S/c1-16-12-7-3-2-6-11(12)10-19-15-17-13-8-4-5-9-14(13)18-15/h2-9,16H,10H2,1H3,(H,17,18). The van der Waals surface area contributed by atoms with Crippen LogP contribution >= 0.6 is 11.8 Å². The van der Waals surface area contributed by atoms with Crippen LogP contribution in [0.3, 0.4) is 0 Å². The summed E-state index contributed by atoms with van der Waals surface area (Å²) in [4.78, 5) is 7.91. The minimum Gasteiger partial charge on any atom is -0.388 e. The van der Waals surface area contributed by atoms with Crippen LogP contribution in [0.1, 0.15) is 5.56 Å². The second-order valence-electron chi connectivity index (χ2n) is 4.25. The van der Waals surface area contributed by atoms with E-state index in [0.29, 0.717) is 0 Å². The maximum absolute atomic E-state index is 4.57. The van der Waals surface area contributed by atoms with E-state index in [1.807, 2.05) is 37.4 Å². The van der Waals surface area contributed by atoms with Gasteiger partial charge in [0.15, 0.2) is 5.16 Å². The third-order valence-electron chi connectivity index (χ3n) is 3.02. The van der Waals surface area contributed by atoms with Gasteiger partial charge in [-0.3, -0.25) is 0 Å². The van der Waals surface area contributed by atoms with Gasteiger partial charge >= 0.3 is 0 Å². The lowest BCUT2D eigenvalue weighted by atomic mass is 10.2. The van der Waals surface area contributed by atoms with Crippen LogP contribution in [-0.2, 0) is 5.75 Å². The first-order chi connectivity index (χ1) is 9.36. The summed E-state index contributed by atoms with van der Waals surface area (Å²) in [5, 5.41) is 4.18. The third-order valence-corrected chi connectivity index (χ3v) is 3.94. The first-order valence-corrected chi connectivity index (χ1v) is 7.18. The number of hydrogen-bond donors (Lipinski definition) is 2. The molecule has 0 spiro atoms. The van der Waals surface area contributed by atoms with Crippen molar-refractivity contribution in [1.29, 1.82) is 0 Å². The zero-order valence-corrected chi connectivity index (χ0v) is 11.5. The van der Waals surface area contributed by atoms with Crippen LogP contribution in [-0.4, -0.2) is 17.0 Å². The van der Waals surface area contributed by atoms with Gasteiger partial charge in [-0.25, -0.2) is 4.98 Å². The second kappa shape index (κ2) is 5.36. The minimum atomic E-state index is 0.900. The van der Waals surface area contributed by atoms with Crippen molar-refractivity contribution < 1.29 is 0 Å². The Kier molecular flexibility index (Phi) is 3.42. The number of nitrogens with zero attached hydrogens (tertiary/aromatic N) is 1. The summed E-state index contributed by atoms with van der Waals surface area (Å²) in [5.41, 5.74) is 4.57. The molecule has 1 aromatic heterocycles. The van der Waals surface area contributed by atoms with Gasteiger partial charge in [0.2, 0.25) is 0 Å². The van der Waals surface area contributed by atoms with Gasteiger partial charge in [0, 0.05) is 18.5 Å². The first-order valence-electron chi connectivity index (χ1n) is 6.20. The molecule has 0 bridgehead atoms. The fraction of sp³-hybridized carbons (Fsp3) is 0.133. The molecule has 0 aliphatic heterocycles. The molecule has 0 fully saturated rings. The SMILES string of the molecule is CNc1ccccc1CSc1nc2ccccc2[nH]1. The van der Waals surface area contributed by atoms with Crippen molar-refractivity contribution in [2.24, 2.45) is 0 Å². The number of thioether (sulfide) groups is 1. The zero-order valence-electron chi connectivity index (χ0n) is 10.7. The number of benzene rings is 2. The molecule has 2 aromatic carbocycles. The van der Waals surface area contributed by atoms with Gasteiger partial charge in [0.25, 0.3) is 0 Å². The summed E-state index contributed by atoms with van der Waals surface area (Å²) in [6, 6.07) is 16.4. The topological polar surface area (TPSA) is 40.7 Å². The van der Waals surface area contributed by atoms with Crippen molar-refractivity contribution in [3.8, 4) is 0 Å². The van der Waals surface area contributed by atoms with Crippen molar-refractivity contribution >= 4 is 28.5 Å². The molecule has 0 aliphatic carbocycles. The quantitative estimate of drug-likeness (QED) is 0.706. The van der Waals surface area contributed by atoms with Crippen LogP contribution in [0.5, 0.6) is 0 Å². The summed E-state index contributed by atoms with van der Waals surface area (Å²) in [6.07, 6.45) is 0. The maximum atomic E-state index is 4.57. The van der Waals surface area contributed by atoms with E-state index in [1.165, 1.54) is 11.3 Å². The maximum Gasteiger partial charge on any atom is 0.166 e. The molecular formula is C15H15N3S. The Morgan fingerprint density at radius 2 is 1.89 bits per heavy atom. The largest absolute Gasteiger partial charge is 0.388 e. The number of H-pyrrole nitrogens is 1. The Labute approximate surface area is 116 Å². The van der Waals surface area contributed by atoms with E-state index in [1.54, 1.807) is 11.8 Å². The van der Waals surface area contributed by atoms with E-state index in [0.717, 1.165) is 21.9 Å². The molecule has 1 heterocycles. The molecule has 0 amide bonds. The molecule has 2 N–H and O–H groups in total. The predicted molar refractivity (Wildman–Crippen MR) is 81.6 cm³/mol. The molecular weight excluding hydrogens is 254 g/mol.